The Hall–Kier alpha value is -0.950. The molecular formula is C16H21N3OS2. The van der Waals surface area contributed by atoms with Crippen LogP contribution in [0.2, 0.25) is 0 Å². The van der Waals surface area contributed by atoms with E-state index in [1.54, 1.807) is 23.1 Å². The van der Waals surface area contributed by atoms with E-state index in [0.717, 1.165) is 41.7 Å². The van der Waals surface area contributed by atoms with Gasteiger partial charge < -0.3 is 5.11 Å². The zero-order chi connectivity index (χ0) is 15.4. The van der Waals surface area contributed by atoms with Gasteiger partial charge in [0.25, 0.3) is 0 Å². The fourth-order valence-corrected chi connectivity index (χ4v) is 4.43. The minimum atomic E-state index is 0.233. The highest BCUT2D eigenvalue weighted by Crippen LogP contribution is 2.36. The van der Waals surface area contributed by atoms with E-state index < -0.39 is 0 Å². The van der Waals surface area contributed by atoms with Crippen molar-refractivity contribution >= 4 is 23.1 Å². The smallest absolute Gasteiger partial charge is 0.174 e. The lowest BCUT2D eigenvalue weighted by atomic mass is 10.1. The number of fused-ring (bicyclic) bond motifs is 1. The predicted octanol–water partition coefficient (Wildman–Crippen LogP) is 3.13. The molecule has 4 nitrogen and oxygen atoms in total. The molecule has 1 heterocycles. The van der Waals surface area contributed by atoms with Crippen LogP contribution in [0.4, 0.5) is 0 Å². The number of thioether (sulfide) groups is 1. The zero-order valence-corrected chi connectivity index (χ0v) is 14.4. The van der Waals surface area contributed by atoms with E-state index in [9.17, 15) is 5.11 Å². The van der Waals surface area contributed by atoms with Crippen LogP contribution < -0.4 is 0 Å². The first-order chi connectivity index (χ1) is 10.8. The highest BCUT2D eigenvalue weighted by molar-refractivity contribution is 8.00. The molecule has 1 aliphatic carbocycles. The lowest BCUT2D eigenvalue weighted by Crippen LogP contribution is -2.28. The second-order valence-corrected chi connectivity index (χ2v) is 7.58. The van der Waals surface area contributed by atoms with Gasteiger partial charge in [0.15, 0.2) is 4.34 Å². The number of aryl methyl sites for hydroxylation is 1. The second-order valence-electron chi connectivity index (χ2n) is 5.47. The van der Waals surface area contributed by atoms with Crippen molar-refractivity contribution in [3.05, 3.63) is 40.4 Å². The molecule has 1 aromatic carbocycles. The number of rotatable bonds is 7. The Labute approximate surface area is 139 Å². The van der Waals surface area contributed by atoms with E-state index in [4.69, 9.17) is 0 Å². The molecular weight excluding hydrogens is 314 g/mol. The zero-order valence-electron chi connectivity index (χ0n) is 12.7. The maximum absolute atomic E-state index is 9.21. The van der Waals surface area contributed by atoms with Crippen LogP contribution >= 0.6 is 23.1 Å². The molecule has 0 saturated carbocycles. The average Bonchev–Trinajstić information content (AvgIpc) is 3.18. The lowest BCUT2D eigenvalue weighted by Gasteiger charge is -2.28. The van der Waals surface area contributed by atoms with E-state index in [2.05, 4.69) is 39.4 Å². The van der Waals surface area contributed by atoms with Gasteiger partial charge in [-0.3, -0.25) is 4.90 Å². The first-order valence-corrected chi connectivity index (χ1v) is 9.65. The number of aliphatic hydroxyl groups excluding tert-OH is 1. The summed E-state index contributed by atoms with van der Waals surface area (Å²) in [5, 5.41) is 18.8. The maximum atomic E-state index is 9.21. The van der Waals surface area contributed by atoms with Crippen LogP contribution in [0.1, 0.15) is 35.0 Å². The van der Waals surface area contributed by atoms with Crippen LogP contribution in [0.25, 0.3) is 0 Å². The molecule has 3 rings (SSSR count). The first kappa shape index (κ1) is 15.9. The minimum Gasteiger partial charge on any atom is -0.396 e. The average molecular weight is 335 g/mol. The molecule has 6 heteroatoms. The standard InChI is InChI=1S/C16H21N3OS2/c1-21-16-18-17-15(22-16)11-19(9-4-10-20)14-8-7-12-5-2-3-6-13(12)14/h2-3,5-6,14,20H,4,7-11H2,1H3/t14-/m0/s1. The molecule has 1 N–H and O–H groups in total. The van der Waals surface area contributed by atoms with E-state index >= 15 is 0 Å². The van der Waals surface area contributed by atoms with Gasteiger partial charge in [0.1, 0.15) is 5.01 Å². The van der Waals surface area contributed by atoms with Crippen molar-refractivity contribution in [3.63, 3.8) is 0 Å². The molecule has 0 unspecified atom stereocenters. The summed E-state index contributed by atoms with van der Waals surface area (Å²) in [6.45, 7) is 1.94. The van der Waals surface area contributed by atoms with Gasteiger partial charge in [0.05, 0.1) is 6.54 Å². The number of nitrogens with zero attached hydrogens (tertiary/aromatic N) is 3. The van der Waals surface area contributed by atoms with Gasteiger partial charge in [-0.2, -0.15) is 0 Å². The molecule has 0 spiro atoms. The Morgan fingerprint density at radius 3 is 3.00 bits per heavy atom. The third kappa shape index (κ3) is 3.51. The molecule has 0 aliphatic heterocycles. The Balaban J connectivity index is 1.78. The largest absolute Gasteiger partial charge is 0.396 e. The van der Waals surface area contributed by atoms with Crippen LogP contribution in [0.15, 0.2) is 28.6 Å². The lowest BCUT2D eigenvalue weighted by molar-refractivity contribution is 0.165. The highest BCUT2D eigenvalue weighted by Gasteiger charge is 2.28. The van der Waals surface area contributed by atoms with Crippen molar-refractivity contribution in [1.29, 1.82) is 0 Å². The Morgan fingerprint density at radius 2 is 2.23 bits per heavy atom. The summed E-state index contributed by atoms with van der Waals surface area (Å²) >= 11 is 3.31. The first-order valence-electron chi connectivity index (χ1n) is 7.61. The Kier molecular flexibility index (Phi) is 5.46. The summed E-state index contributed by atoms with van der Waals surface area (Å²) < 4.78 is 1.02. The van der Waals surface area contributed by atoms with Gasteiger partial charge >= 0.3 is 0 Å². The van der Waals surface area contributed by atoms with Crippen LogP contribution in [0.5, 0.6) is 0 Å². The van der Waals surface area contributed by atoms with Crippen molar-refractivity contribution in [1.82, 2.24) is 15.1 Å². The summed E-state index contributed by atoms with van der Waals surface area (Å²) in [5.41, 5.74) is 2.90. The molecule has 0 saturated heterocycles. The van der Waals surface area contributed by atoms with Crippen molar-refractivity contribution in [2.75, 3.05) is 19.4 Å². The van der Waals surface area contributed by atoms with Gasteiger partial charge in [0, 0.05) is 19.2 Å². The summed E-state index contributed by atoms with van der Waals surface area (Å²) in [6, 6.07) is 9.15. The Morgan fingerprint density at radius 1 is 1.36 bits per heavy atom. The van der Waals surface area contributed by atoms with Gasteiger partial charge in [0.2, 0.25) is 0 Å². The summed E-state index contributed by atoms with van der Waals surface area (Å²) in [7, 11) is 0. The quantitative estimate of drug-likeness (QED) is 0.788. The molecule has 1 aromatic heterocycles. The second kappa shape index (κ2) is 7.55. The van der Waals surface area contributed by atoms with Crippen molar-refractivity contribution < 1.29 is 5.11 Å². The van der Waals surface area contributed by atoms with E-state index in [-0.39, 0.29) is 6.61 Å². The monoisotopic (exact) mass is 335 g/mol. The van der Waals surface area contributed by atoms with Gasteiger partial charge in [-0.1, -0.05) is 47.4 Å². The number of hydrogen-bond donors (Lipinski definition) is 1. The third-order valence-electron chi connectivity index (χ3n) is 4.11. The Bertz CT molecular complexity index is 617. The molecule has 0 bridgehead atoms. The fraction of sp³-hybridized carbons (Fsp3) is 0.500. The van der Waals surface area contributed by atoms with Crippen molar-refractivity contribution in [2.24, 2.45) is 0 Å². The summed E-state index contributed by atoms with van der Waals surface area (Å²) in [6.07, 6.45) is 5.12. The van der Waals surface area contributed by atoms with E-state index in [0.29, 0.717) is 6.04 Å². The van der Waals surface area contributed by atoms with Crippen molar-refractivity contribution in [3.8, 4) is 0 Å². The SMILES string of the molecule is CSc1nnc(CN(CCCO)[C@H]2CCc3ccccc32)s1. The summed E-state index contributed by atoms with van der Waals surface area (Å²) in [4.78, 5) is 2.45. The van der Waals surface area contributed by atoms with Crippen LogP contribution in [-0.2, 0) is 13.0 Å². The topological polar surface area (TPSA) is 49.2 Å². The predicted molar refractivity (Wildman–Crippen MR) is 91.3 cm³/mol. The van der Waals surface area contributed by atoms with Gasteiger partial charge in [-0.25, -0.2) is 0 Å². The molecule has 0 amide bonds. The molecule has 0 fully saturated rings. The number of aromatic nitrogens is 2. The molecule has 0 radical (unpaired) electrons. The maximum Gasteiger partial charge on any atom is 0.174 e. The minimum absolute atomic E-state index is 0.233. The fourth-order valence-electron chi connectivity index (χ4n) is 3.09. The molecule has 1 aliphatic rings. The normalized spacial score (nSPS) is 17.1. The highest BCUT2D eigenvalue weighted by atomic mass is 32.2. The van der Waals surface area contributed by atoms with Crippen LogP contribution in [0.3, 0.4) is 0 Å². The number of aliphatic hydroxyl groups is 1. The van der Waals surface area contributed by atoms with Crippen molar-refractivity contribution in [2.45, 2.75) is 36.2 Å². The molecule has 1 atom stereocenters. The molecule has 2 aromatic rings. The summed E-state index contributed by atoms with van der Waals surface area (Å²) in [5.74, 6) is 0. The van der Waals surface area contributed by atoms with Crippen LogP contribution in [0, 0.1) is 0 Å². The van der Waals surface area contributed by atoms with Crippen LogP contribution in [-0.4, -0.2) is 39.6 Å². The van der Waals surface area contributed by atoms with Gasteiger partial charge in [-0.15, -0.1) is 10.2 Å². The van der Waals surface area contributed by atoms with E-state index in [1.807, 2.05) is 6.26 Å². The van der Waals surface area contributed by atoms with Gasteiger partial charge in [-0.05, 0) is 36.6 Å². The molecule has 118 valence electrons. The third-order valence-corrected chi connectivity index (χ3v) is 5.99. The van der Waals surface area contributed by atoms with E-state index in [1.165, 1.54) is 11.1 Å². The number of hydrogen-bond acceptors (Lipinski definition) is 6. The number of benzene rings is 1. The molecule has 22 heavy (non-hydrogen) atoms.